The molecular weight excluding hydrogens is 505 g/mol. The summed E-state index contributed by atoms with van der Waals surface area (Å²) >= 11 is 0. The summed E-state index contributed by atoms with van der Waals surface area (Å²) in [5.41, 5.74) is 9.19. The van der Waals surface area contributed by atoms with Crippen LogP contribution in [0, 0.1) is 0 Å². The third-order valence-electron chi connectivity index (χ3n) is 6.55. The molecule has 11 heteroatoms. The molecular formula is C28H37F3N8. The number of rotatable bonds is 6. The van der Waals surface area contributed by atoms with E-state index < -0.39 is 12.7 Å². The molecule has 4 N–H and O–H groups in total. The molecule has 2 aliphatic rings. The van der Waals surface area contributed by atoms with E-state index in [4.69, 9.17) is 5.73 Å². The van der Waals surface area contributed by atoms with Gasteiger partial charge in [-0.1, -0.05) is 19.1 Å². The van der Waals surface area contributed by atoms with Gasteiger partial charge in [0.15, 0.2) is 5.84 Å². The Morgan fingerprint density at radius 2 is 1.90 bits per heavy atom. The molecule has 1 fully saturated rings. The Kier molecular flexibility index (Phi) is 8.48. The van der Waals surface area contributed by atoms with Crippen molar-refractivity contribution in [2.45, 2.75) is 58.3 Å². The maximum atomic E-state index is 13.3. The zero-order valence-electron chi connectivity index (χ0n) is 22.8. The highest BCUT2D eigenvalue weighted by atomic mass is 19.4. The lowest BCUT2D eigenvalue weighted by molar-refractivity contribution is -0.139. The average molecular weight is 543 g/mol. The van der Waals surface area contributed by atoms with Crippen LogP contribution in [0.4, 0.5) is 18.9 Å². The Morgan fingerprint density at radius 1 is 1.15 bits per heavy atom. The number of nitrogens with one attached hydrogen (secondary N) is 2. The molecule has 210 valence electrons. The molecule has 2 aromatic heterocycles. The number of fused-ring (bicyclic) bond motifs is 1. The smallest absolute Gasteiger partial charge is 0.398 e. The van der Waals surface area contributed by atoms with Gasteiger partial charge in [0.05, 0.1) is 41.7 Å². The highest BCUT2D eigenvalue weighted by Gasteiger charge is 2.31. The molecule has 0 saturated carbocycles. The Bertz CT molecular complexity index is 1360. The molecule has 0 bridgehead atoms. The highest BCUT2D eigenvalue weighted by Crippen LogP contribution is 2.30. The number of alkyl halides is 3. The number of aromatic nitrogens is 3. The van der Waals surface area contributed by atoms with Crippen molar-refractivity contribution in [3.05, 3.63) is 54.5 Å². The van der Waals surface area contributed by atoms with Crippen LogP contribution in [0.2, 0.25) is 0 Å². The van der Waals surface area contributed by atoms with E-state index in [0.717, 1.165) is 5.56 Å². The number of piperidine rings is 1. The number of hydrogen-bond donors (Lipinski definition) is 3. The van der Waals surface area contributed by atoms with E-state index in [-0.39, 0.29) is 11.4 Å². The number of nitrogens with zero attached hydrogens (tertiary/aromatic N) is 5. The quantitative estimate of drug-likeness (QED) is 0.384. The van der Waals surface area contributed by atoms with Gasteiger partial charge in [0.2, 0.25) is 0 Å². The van der Waals surface area contributed by atoms with Crippen molar-refractivity contribution in [3.63, 3.8) is 0 Å². The zero-order valence-corrected chi connectivity index (χ0v) is 22.8. The van der Waals surface area contributed by atoms with Crippen LogP contribution in [-0.4, -0.2) is 58.3 Å². The number of halogens is 3. The van der Waals surface area contributed by atoms with E-state index in [2.05, 4.69) is 53.1 Å². The van der Waals surface area contributed by atoms with Crippen LogP contribution in [0.5, 0.6) is 0 Å². The molecule has 0 atom stereocenters. The summed E-state index contributed by atoms with van der Waals surface area (Å²) < 4.78 is 42.9. The standard InChI is InChI=1S/C23H26F3N7.C5H11N/c1-14(15-9-30-33(12-15)22(2,3)4)28-10-16-11-29-21(31-16)20-8-17-18(27)6-5-7-19(17)32(20)13-23(24,25)26;1-2-4-6-5-3-1/h5-9,12,28H,1,10-11,13,27H2,2-4H3;6H,1-5H2. The Hall–Kier alpha value is -3.60. The van der Waals surface area contributed by atoms with Crippen LogP contribution in [0.3, 0.4) is 0 Å². The number of aliphatic imine (C=N–C) groups is 2. The molecule has 0 spiro atoms. The van der Waals surface area contributed by atoms with Crippen molar-refractivity contribution < 1.29 is 13.2 Å². The SMILES string of the molecule is C1CCNCC1.C=C(NCC1=NC(c2cc3c(N)cccc3n2CC(F)(F)F)=NC1)c1cnn(C(C)(C)C)c1. The molecule has 1 saturated heterocycles. The van der Waals surface area contributed by atoms with E-state index >= 15 is 0 Å². The lowest BCUT2D eigenvalue weighted by atomic mass is 10.1. The third-order valence-corrected chi connectivity index (χ3v) is 6.55. The van der Waals surface area contributed by atoms with Gasteiger partial charge in [-0.3, -0.25) is 9.67 Å². The van der Waals surface area contributed by atoms with Crippen molar-refractivity contribution in [2.75, 3.05) is 31.9 Å². The van der Waals surface area contributed by atoms with E-state index in [0.29, 0.717) is 46.8 Å². The third kappa shape index (κ3) is 7.29. The summed E-state index contributed by atoms with van der Waals surface area (Å²) in [6.07, 6.45) is 3.47. The summed E-state index contributed by atoms with van der Waals surface area (Å²) in [7, 11) is 0. The maximum absolute atomic E-state index is 13.3. The van der Waals surface area contributed by atoms with Crippen LogP contribution >= 0.6 is 0 Å². The van der Waals surface area contributed by atoms with Crippen molar-refractivity contribution in [1.82, 2.24) is 25.0 Å². The lowest BCUT2D eigenvalue weighted by Crippen LogP contribution is -2.23. The van der Waals surface area contributed by atoms with Gasteiger partial charge >= 0.3 is 6.18 Å². The van der Waals surface area contributed by atoms with Crippen molar-refractivity contribution in [2.24, 2.45) is 9.98 Å². The van der Waals surface area contributed by atoms with Crippen molar-refractivity contribution in [3.8, 4) is 0 Å². The van der Waals surface area contributed by atoms with Crippen LogP contribution in [0.1, 0.15) is 51.3 Å². The topological polar surface area (TPSA) is 97.6 Å². The Labute approximate surface area is 226 Å². The molecule has 8 nitrogen and oxygen atoms in total. The van der Waals surface area contributed by atoms with E-state index in [1.807, 2.05) is 10.9 Å². The first-order valence-corrected chi connectivity index (χ1v) is 13.2. The molecule has 4 heterocycles. The minimum atomic E-state index is -4.40. The van der Waals surface area contributed by atoms with Gasteiger partial charge in [-0.2, -0.15) is 18.3 Å². The predicted octanol–water partition coefficient (Wildman–Crippen LogP) is 4.96. The molecule has 0 amide bonds. The average Bonchev–Trinajstić information content (AvgIpc) is 3.63. The summed E-state index contributed by atoms with van der Waals surface area (Å²) in [5, 5.41) is 11.4. The minimum absolute atomic E-state index is 0.144. The molecule has 0 aliphatic carbocycles. The number of nitrogen functional groups attached to an aromatic ring is 1. The van der Waals surface area contributed by atoms with Gasteiger partial charge in [-0.05, 0) is 64.9 Å². The van der Waals surface area contributed by atoms with E-state index in [1.165, 1.54) is 36.9 Å². The molecule has 3 aromatic rings. The van der Waals surface area contributed by atoms with Crippen LogP contribution < -0.4 is 16.4 Å². The van der Waals surface area contributed by atoms with Crippen LogP contribution in [0.25, 0.3) is 16.6 Å². The first kappa shape index (κ1) is 28.4. The monoisotopic (exact) mass is 542 g/mol. The largest absolute Gasteiger partial charge is 0.406 e. The molecule has 2 aliphatic heterocycles. The molecule has 0 radical (unpaired) electrons. The normalized spacial score (nSPS) is 15.9. The fraction of sp³-hybridized carbons (Fsp3) is 0.464. The molecule has 39 heavy (non-hydrogen) atoms. The van der Waals surface area contributed by atoms with Gasteiger partial charge in [-0.25, -0.2) is 4.99 Å². The predicted molar refractivity (Wildman–Crippen MR) is 152 cm³/mol. The Morgan fingerprint density at radius 3 is 2.49 bits per heavy atom. The molecule has 1 aromatic carbocycles. The Balaban J connectivity index is 0.000000519. The van der Waals surface area contributed by atoms with Gasteiger partial charge in [0.1, 0.15) is 6.54 Å². The number of anilines is 1. The molecule has 5 rings (SSSR count). The second-order valence-electron chi connectivity index (χ2n) is 10.8. The van der Waals surface area contributed by atoms with Crippen molar-refractivity contribution >= 4 is 33.8 Å². The summed E-state index contributed by atoms with van der Waals surface area (Å²) in [6.45, 7) is 12.2. The number of hydrogen-bond acceptors (Lipinski definition) is 6. The van der Waals surface area contributed by atoms with Crippen LogP contribution in [-0.2, 0) is 12.1 Å². The summed E-state index contributed by atoms with van der Waals surface area (Å²) in [5.74, 6) is 0.262. The van der Waals surface area contributed by atoms with Gasteiger partial charge in [0, 0.05) is 28.5 Å². The zero-order chi connectivity index (χ0) is 28.2. The number of nitrogens with two attached hydrogens (primary N) is 1. The van der Waals surface area contributed by atoms with Gasteiger partial charge in [0.25, 0.3) is 0 Å². The number of benzene rings is 1. The fourth-order valence-electron chi connectivity index (χ4n) is 4.42. The highest BCUT2D eigenvalue weighted by molar-refractivity contribution is 6.14. The summed E-state index contributed by atoms with van der Waals surface area (Å²) in [4.78, 5) is 8.89. The first-order chi connectivity index (χ1) is 18.4. The van der Waals surface area contributed by atoms with Gasteiger partial charge < -0.3 is 20.9 Å². The van der Waals surface area contributed by atoms with Crippen LogP contribution in [0.15, 0.2) is 53.2 Å². The first-order valence-electron chi connectivity index (χ1n) is 13.2. The lowest BCUT2D eigenvalue weighted by Gasteiger charge is -2.18. The van der Waals surface area contributed by atoms with Crippen molar-refractivity contribution in [1.29, 1.82) is 0 Å². The second-order valence-corrected chi connectivity index (χ2v) is 10.8. The molecule has 0 unspecified atom stereocenters. The fourth-order valence-corrected chi connectivity index (χ4v) is 4.42. The van der Waals surface area contributed by atoms with Gasteiger partial charge in [-0.15, -0.1) is 0 Å². The second kappa shape index (κ2) is 11.6. The van der Waals surface area contributed by atoms with E-state index in [1.54, 1.807) is 30.5 Å². The maximum Gasteiger partial charge on any atom is 0.406 e. The minimum Gasteiger partial charge on any atom is -0.398 e. The van der Waals surface area contributed by atoms with E-state index in [9.17, 15) is 13.2 Å². The number of amidine groups is 1. The summed E-state index contributed by atoms with van der Waals surface area (Å²) in [6, 6.07) is 6.53.